The first kappa shape index (κ1) is 18.5. The minimum absolute atomic E-state index is 0.257. The zero-order valence-electron chi connectivity index (χ0n) is 15.9. The van der Waals surface area contributed by atoms with E-state index in [1.165, 1.54) is 12.8 Å². The number of anilines is 3. The van der Waals surface area contributed by atoms with Crippen molar-refractivity contribution in [3.8, 4) is 0 Å². The molecule has 148 valence electrons. The van der Waals surface area contributed by atoms with Gasteiger partial charge in [-0.15, -0.1) is 0 Å². The Kier molecular flexibility index (Phi) is 5.86. The highest BCUT2D eigenvalue weighted by molar-refractivity contribution is 5.89. The standard InChI is InChI=1S/C20H26N6O2/c27-20(24-17-5-6-18(22-15-17)25-8-1-2-9-25)23-14-16-4-3-7-21-19(16)26-10-12-28-13-11-26/h3-7,15H,1-2,8-14H2,(H2,23,24,27). The van der Waals surface area contributed by atoms with Crippen molar-refractivity contribution >= 4 is 23.4 Å². The Morgan fingerprint density at radius 3 is 2.61 bits per heavy atom. The molecule has 0 atom stereocenters. The van der Waals surface area contributed by atoms with Crippen molar-refractivity contribution in [2.45, 2.75) is 19.4 Å². The fraction of sp³-hybridized carbons (Fsp3) is 0.450. The molecule has 2 amide bonds. The van der Waals surface area contributed by atoms with E-state index in [2.05, 4.69) is 30.4 Å². The Balaban J connectivity index is 1.32. The van der Waals surface area contributed by atoms with Gasteiger partial charge in [0.15, 0.2) is 0 Å². The first-order chi connectivity index (χ1) is 13.8. The van der Waals surface area contributed by atoms with Crippen LogP contribution in [0.15, 0.2) is 36.7 Å². The predicted molar refractivity (Wildman–Crippen MR) is 109 cm³/mol. The molecule has 0 radical (unpaired) electrons. The summed E-state index contributed by atoms with van der Waals surface area (Å²) in [4.78, 5) is 25.7. The number of pyridine rings is 2. The number of ether oxygens (including phenoxy) is 1. The predicted octanol–water partition coefficient (Wildman–Crippen LogP) is 2.24. The van der Waals surface area contributed by atoms with E-state index < -0.39 is 0 Å². The number of amides is 2. The molecule has 2 saturated heterocycles. The molecular formula is C20H26N6O2. The van der Waals surface area contributed by atoms with Gasteiger partial charge in [-0.05, 0) is 31.0 Å². The lowest BCUT2D eigenvalue weighted by Gasteiger charge is -2.29. The summed E-state index contributed by atoms with van der Waals surface area (Å²) in [5.74, 6) is 1.87. The summed E-state index contributed by atoms with van der Waals surface area (Å²) in [6.07, 6.45) is 5.91. The fourth-order valence-electron chi connectivity index (χ4n) is 3.57. The number of rotatable bonds is 5. The minimum Gasteiger partial charge on any atom is -0.378 e. The van der Waals surface area contributed by atoms with Gasteiger partial charge in [-0.25, -0.2) is 14.8 Å². The molecule has 4 heterocycles. The van der Waals surface area contributed by atoms with E-state index in [1.807, 2.05) is 24.3 Å². The molecular weight excluding hydrogens is 356 g/mol. The third-order valence-electron chi connectivity index (χ3n) is 5.05. The molecule has 2 N–H and O–H groups in total. The molecule has 2 aliphatic heterocycles. The second-order valence-corrected chi connectivity index (χ2v) is 6.99. The van der Waals surface area contributed by atoms with Gasteiger partial charge >= 0.3 is 6.03 Å². The highest BCUT2D eigenvalue weighted by Gasteiger charge is 2.16. The van der Waals surface area contributed by atoms with Crippen molar-refractivity contribution in [2.24, 2.45) is 0 Å². The van der Waals surface area contributed by atoms with Crippen molar-refractivity contribution in [2.75, 3.05) is 54.5 Å². The molecule has 0 aromatic carbocycles. The number of carbonyl (C=O) groups excluding carboxylic acids is 1. The number of nitrogens with one attached hydrogen (secondary N) is 2. The Labute approximate surface area is 164 Å². The molecule has 0 aliphatic carbocycles. The first-order valence-electron chi connectivity index (χ1n) is 9.82. The summed E-state index contributed by atoms with van der Waals surface area (Å²) in [5.41, 5.74) is 1.67. The number of carbonyl (C=O) groups is 1. The van der Waals surface area contributed by atoms with Crippen molar-refractivity contribution in [1.29, 1.82) is 0 Å². The van der Waals surface area contributed by atoms with Crippen LogP contribution in [0.1, 0.15) is 18.4 Å². The van der Waals surface area contributed by atoms with E-state index in [1.54, 1.807) is 12.4 Å². The quantitative estimate of drug-likeness (QED) is 0.825. The third-order valence-corrected chi connectivity index (χ3v) is 5.05. The minimum atomic E-state index is -0.257. The average Bonchev–Trinajstić information content (AvgIpc) is 3.29. The molecule has 8 nitrogen and oxygen atoms in total. The van der Waals surface area contributed by atoms with Gasteiger partial charge in [0.2, 0.25) is 0 Å². The summed E-state index contributed by atoms with van der Waals surface area (Å²) < 4.78 is 5.41. The maximum atomic E-state index is 12.3. The van der Waals surface area contributed by atoms with Crippen LogP contribution in [0.4, 0.5) is 22.1 Å². The van der Waals surface area contributed by atoms with Crippen molar-refractivity contribution in [3.05, 3.63) is 42.2 Å². The van der Waals surface area contributed by atoms with Crippen molar-refractivity contribution in [3.63, 3.8) is 0 Å². The normalized spacial score (nSPS) is 16.9. The SMILES string of the molecule is O=C(NCc1cccnc1N1CCOCC1)Nc1ccc(N2CCCC2)nc1. The van der Waals surface area contributed by atoms with E-state index in [9.17, 15) is 4.79 Å². The average molecular weight is 382 g/mol. The smallest absolute Gasteiger partial charge is 0.319 e. The molecule has 4 rings (SSSR count). The van der Waals surface area contributed by atoms with Gasteiger partial charge in [0.25, 0.3) is 0 Å². The van der Waals surface area contributed by atoms with Gasteiger partial charge in [-0.2, -0.15) is 0 Å². The number of hydrogen-bond donors (Lipinski definition) is 2. The van der Waals surface area contributed by atoms with Gasteiger partial charge in [-0.1, -0.05) is 6.07 Å². The van der Waals surface area contributed by atoms with Gasteiger partial charge in [0.05, 0.1) is 25.1 Å². The molecule has 0 unspecified atom stereocenters. The fourth-order valence-corrected chi connectivity index (χ4v) is 3.57. The van der Waals surface area contributed by atoms with Crippen LogP contribution in [0.5, 0.6) is 0 Å². The number of nitrogens with zero attached hydrogens (tertiary/aromatic N) is 4. The molecule has 2 aromatic heterocycles. The number of aromatic nitrogens is 2. The van der Waals surface area contributed by atoms with E-state index in [-0.39, 0.29) is 6.03 Å². The Bertz CT molecular complexity index is 786. The second kappa shape index (κ2) is 8.88. The maximum absolute atomic E-state index is 12.3. The molecule has 28 heavy (non-hydrogen) atoms. The number of urea groups is 1. The Hall–Kier alpha value is -2.87. The van der Waals surface area contributed by atoms with Crippen LogP contribution in [0.3, 0.4) is 0 Å². The third kappa shape index (κ3) is 4.51. The lowest BCUT2D eigenvalue weighted by atomic mass is 10.2. The molecule has 2 aromatic rings. The zero-order chi connectivity index (χ0) is 19.2. The van der Waals surface area contributed by atoms with Gasteiger partial charge < -0.3 is 25.2 Å². The van der Waals surface area contributed by atoms with Crippen LogP contribution < -0.4 is 20.4 Å². The number of hydrogen-bond acceptors (Lipinski definition) is 6. The van der Waals surface area contributed by atoms with Crippen LogP contribution in [-0.4, -0.2) is 55.4 Å². The summed E-state index contributed by atoms with van der Waals surface area (Å²) in [7, 11) is 0. The maximum Gasteiger partial charge on any atom is 0.319 e. The van der Waals surface area contributed by atoms with Crippen LogP contribution >= 0.6 is 0 Å². The van der Waals surface area contributed by atoms with Gasteiger partial charge in [-0.3, -0.25) is 0 Å². The largest absolute Gasteiger partial charge is 0.378 e. The van der Waals surface area contributed by atoms with E-state index >= 15 is 0 Å². The molecule has 0 spiro atoms. The molecule has 0 saturated carbocycles. The van der Waals surface area contributed by atoms with E-state index in [0.717, 1.165) is 43.4 Å². The van der Waals surface area contributed by atoms with E-state index in [0.29, 0.717) is 25.4 Å². The van der Waals surface area contributed by atoms with Crippen molar-refractivity contribution < 1.29 is 9.53 Å². The molecule has 0 bridgehead atoms. The van der Waals surface area contributed by atoms with Crippen LogP contribution in [0.2, 0.25) is 0 Å². The molecule has 8 heteroatoms. The number of morpholine rings is 1. The first-order valence-corrected chi connectivity index (χ1v) is 9.82. The lowest BCUT2D eigenvalue weighted by molar-refractivity contribution is 0.122. The van der Waals surface area contributed by atoms with Gasteiger partial charge in [0, 0.05) is 44.5 Å². The molecule has 2 fully saturated rings. The second-order valence-electron chi connectivity index (χ2n) is 6.99. The van der Waals surface area contributed by atoms with Crippen LogP contribution in [0.25, 0.3) is 0 Å². The highest BCUT2D eigenvalue weighted by atomic mass is 16.5. The zero-order valence-corrected chi connectivity index (χ0v) is 15.9. The molecule has 2 aliphatic rings. The van der Waals surface area contributed by atoms with Crippen LogP contribution in [0, 0.1) is 0 Å². The topological polar surface area (TPSA) is 82.6 Å². The van der Waals surface area contributed by atoms with Gasteiger partial charge in [0.1, 0.15) is 11.6 Å². The highest BCUT2D eigenvalue weighted by Crippen LogP contribution is 2.20. The van der Waals surface area contributed by atoms with Crippen molar-refractivity contribution in [1.82, 2.24) is 15.3 Å². The Morgan fingerprint density at radius 1 is 1.04 bits per heavy atom. The Morgan fingerprint density at radius 2 is 1.86 bits per heavy atom. The lowest BCUT2D eigenvalue weighted by Crippen LogP contribution is -2.38. The summed E-state index contributed by atoms with van der Waals surface area (Å²) >= 11 is 0. The summed E-state index contributed by atoms with van der Waals surface area (Å²) in [5, 5.41) is 5.75. The monoisotopic (exact) mass is 382 g/mol. The summed E-state index contributed by atoms with van der Waals surface area (Å²) in [6, 6.07) is 7.47. The summed E-state index contributed by atoms with van der Waals surface area (Å²) in [6.45, 7) is 5.53. The van der Waals surface area contributed by atoms with Crippen LogP contribution in [-0.2, 0) is 11.3 Å². The van der Waals surface area contributed by atoms with E-state index in [4.69, 9.17) is 4.74 Å².